The Morgan fingerprint density at radius 1 is 1.25 bits per heavy atom. The van der Waals surface area contributed by atoms with Crippen LogP contribution in [-0.4, -0.2) is 38.9 Å². The molecule has 1 aromatic carbocycles. The first kappa shape index (κ1) is 16.9. The molecule has 0 saturated carbocycles. The highest BCUT2D eigenvalue weighted by Crippen LogP contribution is 2.19. The molecule has 2 heterocycles. The Hall–Kier alpha value is -1.92. The van der Waals surface area contributed by atoms with Crippen LogP contribution in [0.2, 0.25) is 5.02 Å². The quantitative estimate of drug-likeness (QED) is 0.926. The third kappa shape index (κ3) is 3.76. The third-order valence-electron chi connectivity index (χ3n) is 4.08. The minimum atomic E-state index is -0.253. The number of carbonyl (C=O) groups excluding carboxylic acids is 1. The summed E-state index contributed by atoms with van der Waals surface area (Å²) in [6, 6.07) is 7.32. The Bertz CT molecular complexity index is 719. The summed E-state index contributed by atoms with van der Waals surface area (Å²) in [7, 11) is 0. The van der Waals surface area contributed by atoms with Gasteiger partial charge in [0.05, 0.1) is 17.9 Å². The van der Waals surface area contributed by atoms with E-state index in [9.17, 15) is 4.79 Å². The molecule has 1 amide bonds. The molecular formula is C17H21ClN4O2. The van der Waals surface area contributed by atoms with Crippen LogP contribution in [0.3, 0.4) is 0 Å². The number of benzene rings is 1. The van der Waals surface area contributed by atoms with E-state index in [1.54, 1.807) is 16.8 Å². The van der Waals surface area contributed by atoms with E-state index in [-0.39, 0.29) is 30.0 Å². The van der Waals surface area contributed by atoms with Gasteiger partial charge in [0, 0.05) is 11.1 Å². The number of aromatic nitrogens is 3. The lowest BCUT2D eigenvalue weighted by Crippen LogP contribution is -2.44. The molecule has 0 radical (unpaired) electrons. The first-order chi connectivity index (χ1) is 11.4. The highest BCUT2D eigenvalue weighted by Gasteiger charge is 2.27. The third-order valence-corrected chi connectivity index (χ3v) is 4.33. The first-order valence-electron chi connectivity index (χ1n) is 8.08. The van der Waals surface area contributed by atoms with Crippen molar-refractivity contribution in [2.45, 2.75) is 51.9 Å². The molecule has 1 aliphatic rings. The summed E-state index contributed by atoms with van der Waals surface area (Å²) in [6.07, 6.45) is 1.88. The van der Waals surface area contributed by atoms with Crippen LogP contribution < -0.4 is 5.32 Å². The highest BCUT2D eigenvalue weighted by molar-refractivity contribution is 6.30. The van der Waals surface area contributed by atoms with Crippen LogP contribution in [0.4, 0.5) is 0 Å². The SMILES string of the molecule is Cc1nc(C(=O)NC2C[C@@H](C)O[C@H](C)C2)nn1-c1ccc(Cl)cc1. The lowest BCUT2D eigenvalue weighted by atomic mass is 10.00. The van der Waals surface area contributed by atoms with E-state index >= 15 is 0 Å². The Morgan fingerprint density at radius 2 is 1.88 bits per heavy atom. The second-order valence-electron chi connectivity index (χ2n) is 6.27. The predicted molar refractivity (Wildman–Crippen MR) is 91.6 cm³/mol. The van der Waals surface area contributed by atoms with Gasteiger partial charge in [0.25, 0.3) is 5.91 Å². The van der Waals surface area contributed by atoms with E-state index in [4.69, 9.17) is 16.3 Å². The molecule has 0 spiro atoms. The summed E-state index contributed by atoms with van der Waals surface area (Å²) in [4.78, 5) is 16.8. The van der Waals surface area contributed by atoms with Gasteiger partial charge in [0.1, 0.15) is 5.82 Å². The van der Waals surface area contributed by atoms with Crippen molar-refractivity contribution in [1.82, 2.24) is 20.1 Å². The largest absolute Gasteiger partial charge is 0.375 e. The molecule has 2 atom stereocenters. The van der Waals surface area contributed by atoms with Crippen LogP contribution in [0, 0.1) is 6.92 Å². The zero-order valence-corrected chi connectivity index (χ0v) is 14.7. The number of halogens is 1. The monoisotopic (exact) mass is 348 g/mol. The maximum atomic E-state index is 12.5. The number of nitrogens with one attached hydrogen (secondary N) is 1. The molecule has 24 heavy (non-hydrogen) atoms. The number of nitrogens with zero attached hydrogens (tertiary/aromatic N) is 3. The molecule has 128 valence electrons. The van der Waals surface area contributed by atoms with Gasteiger partial charge in [-0.1, -0.05) is 11.6 Å². The second-order valence-corrected chi connectivity index (χ2v) is 6.71. The Kier molecular flexibility index (Phi) is 4.87. The fourth-order valence-corrected chi connectivity index (χ4v) is 3.21. The first-order valence-corrected chi connectivity index (χ1v) is 8.46. The fraction of sp³-hybridized carbons (Fsp3) is 0.471. The van der Waals surface area contributed by atoms with Crippen molar-refractivity contribution in [3.63, 3.8) is 0 Å². The number of carbonyl (C=O) groups is 1. The van der Waals surface area contributed by atoms with Gasteiger partial charge in [-0.2, -0.15) is 0 Å². The van der Waals surface area contributed by atoms with Crippen LogP contribution >= 0.6 is 11.6 Å². The summed E-state index contributed by atoms with van der Waals surface area (Å²) in [5, 5.41) is 8.00. The highest BCUT2D eigenvalue weighted by atomic mass is 35.5. The van der Waals surface area contributed by atoms with E-state index in [1.807, 2.05) is 32.9 Å². The smallest absolute Gasteiger partial charge is 0.291 e. The van der Waals surface area contributed by atoms with Gasteiger partial charge < -0.3 is 10.1 Å². The number of ether oxygens (including phenoxy) is 1. The van der Waals surface area contributed by atoms with Gasteiger partial charge in [-0.05, 0) is 57.9 Å². The molecule has 6 nitrogen and oxygen atoms in total. The Balaban J connectivity index is 1.74. The number of amides is 1. The van der Waals surface area contributed by atoms with Gasteiger partial charge in [-0.25, -0.2) is 9.67 Å². The van der Waals surface area contributed by atoms with E-state index in [1.165, 1.54) is 0 Å². The number of hydrogen-bond donors (Lipinski definition) is 1. The molecular weight excluding hydrogens is 328 g/mol. The van der Waals surface area contributed by atoms with Crippen LogP contribution in [0.1, 0.15) is 43.1 Å². The average Bonchev–Trinajstić information content (AvgIpc) is 2.89. The molecule has 0 unspecified atom stereocenters. The Morgan fingerprint density at radius 3 is 2.50 bits per heavy atom. The summed E-state index contributed by atoms with van der Waals surface area (Å²) in [5.41, 5.74) is 0.816. The van der Waals surface area contributed by atoms with Gasteiger partial charge in [0.15, 0.2) is 0 Å². The molecule has 1 N–H and O–H groups in total. The van der Waals surface area contributed by atoms with Crippen molar-refractivity contribution in [2.24, 2.45) is 0 Å². The second kappa shape index (κ2) is 6.91. The summed E-state index contributed by atoms with van der Waals surface area (Å²) < 4.78 is 7.34. The van der Waals surface area contributed by atoms with Gasteiger partial charge in [-0.3, -0.25) is 4.79 Å². The molecule has 0 aliphatic carbocycles. The summed E-state index contributed by atoms with van der Waals surface area (Å²) in [5.74, 6) is 0.572. The fourth-order valence-electron chi connectivity index (χ4n) is 3.09. The standard InChI is InChI=1S/C17H21ClN4O2/c1-10-8-14(9-11(2)24-10)20-17(23)16-19-12(3)22(21-16)15-6-4-13(18)5-7-15/h4-7,10-11,14H,8-9H2,1-3H3,(H,20,23)/t10-,11-/m1/s1. The zero-order chi connectivity index (χ0) is 17.3. The van der Waals surface area contributed by atoms with E-state index in [0.717, 1.165) is 18.5 Å². The molecule has 1 aromatic heterocycles. The topological polar surface area (TPSA) is 69.0 Å². The van der Waals surface area contributed by atoms with Crippen molar-refractivity contribution in [1.29, 1.82) is 0 Å². The van der Waals surface area contributed by atoms with Crippen molar-refractivity contribution in [3.05, 3.63) is 40.9 Å². The van der Waals surface area contributed by atoms with E-state index in [2.05, 4.69) is 15.4 Å². The van der Waals surface area contributed by atoms with Crippen LogP contribution in [0.5, 0.6) is 0 Å². The molecule has 1 fully saturated rings. The maximum Gasteiger partial charge on any atom is 0.291 e. The number of aryl methyl sites for hydroxylation is 1. The van der Waals surface area contributed by atoms with Crippen molar-refractivity contribution < 1.29 is 9.53 Å². The van der Waals surface area contributed by atoms with E-state index in [0.29, 0.717) is 10.8 Å². The van der Waals surface area contributed by atoms with Crippen LogP contribution in [0.15, 0.2) is 24.3 Å². The van der Waals surface area contributed by atoms with Crippen molar-refractivity contribution >= 4 is 17.5 Å². The predicted octanol–water partition coefficient (Wildman–Crippen LogP) is 2.91. The molecule has 1 aliphatic heterocycles. The molecule has 2 aromatic rings. The zero-order valence-electron chi connectivity index (χ0n) is 14.0. The number of hydrogen-bond acceptors (Lipinski definition) is 4. The van der Waals surface area contributed by atoms with Crippen LogP contribution in [0.25, 0.3) is 5.69 Å². The van der Waals surface area contributed by atoms with Crippen molar-refractivity contribution in [2.75, 3.05) is 0 Å². The minimum Gasteiger partial charge on any atom is -0.375 e. The van der Waals surface area contributed by atoms with Gasteiger partial charge in [-0.15, -0.1) is 5.10 Å². The maximum absolute atomic E-state index is 12.5. The lowest BCUT2D eigenvalue weighted by molar-refractivity contribution is -0.0408. The van der Waals surface area contributed by atoms with Gasteiger partial charge in [0.2, 0.25) is 5.82 Å². The summed E-state index contributed by atoms with van der Waals surface area (Å²) >= 11 is 5.91. The molecule has 1 saturated heterocycles. The summed E-state index contributed by atoms with van der Waals surface area (Å²) in [6.45, 7) is 5.86. The average molecular weight is 349 g/mol. The van der Waals surface area contributed by atoms with E-state index < -0.39 is 0 Å². The molecule has 0 bridgehead atoms. The Labute approximate surface area is 146 Å². The van der Waals surface area contributed by atoms with Crippen LogP contribution in [-0.2, 0) is 4.74 Å². The molecule has 3 rings (SSSR count). The normalized spacial score (nSPS) is 23.9. The lowest BCUT2D eigenvalue weighted by Gasteiger charge is -2.32. The van der Waals surface area contributed by atoms with Gasteiger partial charge >= 0.3 is 0 Å². The minimum absolute atomic E-state index is 0.0824. The number of rotatable bonds is 3. The molecule has 7 heteroatoms. The van der Waals surface area contributed by atoms with Crippen molar-refractivity contribution in [3.8, 4) is 5.69 Å².